The van der Waals surface area contributed by atoms with Gasteiger partial charge in [-0.2, -0.15) is 5.26 Å². The summed E-state index contributed by atoms with van der Waals surface area (Å²) in [6, 6.07) is 23.4. The zero-order valence-corrected chi connectivity index (χ0v) is 12.7. The van der Waals surface area contributed by atoms with Crippen molar-refractivity contribution in [2.24, 2.45) is 5.41 Å². The van der Waals surface area contributed by atoms with Gasteiger partial charge in [-0.05, 0) is 37.9 Å². The Bertz CT molecular complexity index is 542. The Morgan fingerprint density at radius 1 is 0.952 bits per heavy atom. The summed E-state index contributed by atoms with van der Waals surface area (Å²) in [5.74, 6) is 0. The number of nitrogens with one attached hydrogen (secondary N) is 1. The lowest BCUT2D eigenvalue weighted by molar-refractivity contribution is 0.422. The smallest absolute Gasteiger partial charge is 0.0684 e. The Labute approximate surface area is 127 Å². The first-order chi connectivity index (χ1) is 10.1. The van der Waals surface area contributed by atoms with Gasteiger partial charge in [0, 0.05) is 0 Å². The maximum absolute atomic E-state index is 9.12. The van der Waals surface area contributed by atoms with Gasteiger partial charge < -0.3 is 5.32 Å². The van der Waals surface area contributed by atoms with E-state index in [-0.39, 0.29) is 11.5 Å². The van der Waals surface area contributed by atoms with Crippen LogP contribution in [0.25, 0.3) is 0 Å². The minimum Gasteiger partial charge on any atom is -0.306 e. The highest BCUT2D eigenvalue weighted by Gasteiger charge is 2.18. The van der Waals surface area contributed by atoms with Crippen molar-refractivity contribution >= 4 is 0 Å². The fourth-order valence-electron chi connectivity index (χ4n) is 2.30. The van der Waals surface area contributed by atoms with Crippen LogP contribution in [0.1, 0.15) is 37.4 Å². The molecule has 0 heterocycles. The van der Waals surface area contributed by atoms with Gasteiger partial charge in [-0.15, -0.1) is 0 Å². The minimum atomic E-state index is -0.287. The van der Waals surface area contributed by atoms with E-state index in [1.807, 2.05) is 26.0 Å². The van der Waals surface area contributed by atoms with E-state index in [4.69, 9.17) is 5.26 Å². The highest BCUT2D eigenvalue weighted by atomic mass is 14.9. The Hall–Kier alpha value is -2.11. The van der Waals surface area contributed by atoms with Gasteiger partial charge >= 0.3 is 0 Å². The highest BCUT2D eigenvalue weighted by molar-refractivity contribution is 5.31. The van der Waals surface area contributed by atoms with Crippen molar-refractivity contribution in [1.29, 1.82) is 5.26 Å². The molecule has 108 valence electrons. The van der Waals surface area contributed by atoms with E-state index in [2.05, 4.69) is 59.9 Å². The maximum Gasteiger partial charge on any atom is 0.0684 e. The molecule has 2 nitrogen and oxygen atoms in total. The van der Waals surface area contributed by atoms with Crippen LogP contribution in [-0.4, -0.2) is 6.54 Å². The van der Waals surface area contributed by atoms with Gasteiger partial charge in [0.05, 0.1) is 17.5 Å². The summed E-state index contributed by atoms with van der Waals surface area (Å²) >= 11 is 0. The SMILES string of the molecule is CC(C)(C#N)CCNC(c1ccccc1)c1ccccc1. The van der Waals surface area contributed by atoms with Crippen LogP contribution < -0.4 is 5.32 Å². The summed E-state index contributed by atoms with van der Waals surface area (Å²) in [6.07, 6.45) is 0.833. The third-order valence-corrected chi connectivity index (χ3v) is 3.67. The van der Waals surface area contributed by atoms with Gasteiger partial charge in [-0.25, -0.2) is 0 Å². The van der Waals surface area contributed by atoms with Crippen LogP contribution in [0.4, 0.5) is 0 Å². The first-order valence-corrected chi connectivity index (χ1v) is 7.37. The molecule has 0 spiro atoms. The number of nitriles is 1. The molecule has 0 amide bonds. The molecule has 0 unspecified atom stereocenters. The minimum absolute atomic E-state index is 0.168. The van der Waals surface area contributed by atoms with Crippen LogP contribution in [0.3, 0.4) is 0 Å². The average molecular weight is 278 g/mol. The largest absolute Gasteiger partial charge is 0.306 e. The fraction of sp³-hybridized carbons (Fsp3) is 0.316. The van der Waals surface area contributed by atoms with Crippen molar-refractivity contribution in [3.63, 3.8) is 0 Å². The normalized spacial score (nSPS) is 11.3. The second kappa shape index (κ2) is 7.06. The predicted octanol–water partition coefficient (Wildman–Crippen LogP) is 4.31. The molecular formula is C19H22N2. The first-order valence-electron chi connectivity index (χ1n) is 7.37. The monoisotopic (exact) mass is 278 g/mol. The third kappa shape index (κ3) is 4.44. The number of nitrogens with zero attached hydrogens (tertiary/aromatic N) is 1. The van der Waals surface area contributed by atoms with E-state index in [1.165, 1.54) is 11.1 Å². The quantitative estimate of drug-likeness (QED) is 0.855. The topological polar surface area (TPSA) is 35.8 Å². The van der Waals surface area contributed by atoms with Gasteiger partial charge in [-0.3, -0.25) is 0 Å². The summed E-state index contributed by atoms with van der Waals surface area (Å²) in [6.45, 7) is 4.78. The van der Waals surface area contributed by atoms with E-state index in [9.17, 15) is 0 Å². The second-order valence-corrected chi connectivity index (χ2v) is 5.95. The van der Waals surface area contributed by atoms with E-state index < -0.39 is 0 Å². The van der Waals surface area contributed by atoms with Crippen molar-refractivity contribution in [2.75, 3.05) is 6.54 Å². The molecular weight excluding hydrogens is 256 g/mol. The summed E-state index contributed by atoms with van der Waals surface area (Å²) in [5.41, 5.74) is 2.21. The fourth-order valence-corrected chi connectivity index (χ4v) is 2.30. The molecule has 2 aromatic carbocycles. The van der Waals surface area contributed by atoms with E-state index in [1.54, 1.807) is 0 Å². The molecule has 21 heavy (non-hydrogen) atoms. The molecule has 0 saturated heterocycles. The number of hydrogen-bond donors (Lipinski definition) is 1. The van der Waals surface area contributed by atoms with Gasteiger partial charge in [0.25, 0.3) is 0 Å². The molecule has 0 bridgehead atoms. The molecule has 0 aliphatic heterocycles. The van der Waals surface area contributed by atoms with Crippen molar-refractivity contribution < 1.29 is 0 Å². The Kier molecular flexibility index (Phi) is 5.14. The maximum atomic E-state index is 9.12. The zero-order valence-electron chi connectivity index (χ0n) is 12.7. The van der Waals surface area contributed by atoms with Crippen molar-refractivity contribution in [1.82, 2.24) is 5.32 Å². The summed E-state index contributed by atoms with van der Waals surface area (Å²) < 4.78 is 0. The van der Waals surface area contributed by atoms with Crippen molar-refractivity contribution in [3.05, 3.63) is 71.8 Å². The predicted molar refractivity (Wildman–Crippen MR) is 86.7 cm³/mol. The van der Waals surface area contributed by atoms with Gasteiger partial charge in [0.2, 0.25) is 0 Å². The first kappa shape index (κ1) is 15.3. The highest BCUT2D eigenvalue weighted by Crippen LogP contribution is 2.23. The van der Waals surface area contributed by atoms with Crippen molar-refractivity contribution in [3.8, 4) is 6.07 Å². The van der Waals surface area contributed by atoms with Crippen LogP contribution >= 0.6 is 0 Å². The molecule has 2 rings (SSSR count). The molecule has 1 N–H and O–H groups in total. The Morgan fingerprint density at radius 2 is 1.43 bits per heavy atom. The second-order valence-electron chi connectivity index (χ2n) is 5.95. The number of hydrogen-bond acceptors (Lipinski definition) is 2. The number of benzene rings is 2. The van der Waals surface area contributed by atoms with Gasteiger partial charge in [-0.1, -0.05) is 60.7 Å². The van der Waals surface area contributed by atoms with Crippen LogP contribution in [0.5, 0.6) is 0 Å². The lowest BCUT2D eigenvalue weighted by Crippen LogP contribution is -2.26. The molecule has 0 fully saturated rings. The van der Waals surface area contributed by atoms with E-state index in [0.29, 0.717) is 0 Å². The van der Waals surface area contributed by atoms with E-state index in [0.717, 1.165) is 13.0 Å². The number of rotatable bonds is 6. The van der Waals surface area contributed by atoms with E-state index >= 15 is 0 Å². The Balaban J connectivity index is 2.13. The summed E-state index contributed by atoms with van der Waals surface area (Å²) in [5, 5.41) is 12.7. The lowest BCUT2D eigenvalue weighted by Gasteiger charge is -2.22. The lowest BCUT2D eigenvalue weighted by atomic mass is 9.91. The van der Waals surface area contributed by atoms with Crippen molar-refractivity contribution in [2.45, 2.75) is 26.3 Å². The van der Waals surface area contributed by atoms with Crippen LogP contribution in [-0.2, 0) is 0 Å². The molecule has 0 radical (unpaired) electrons. The van der Waals surface area contributed by atoms with Gasteiger partial charge in [0.15, 0.2) is 0 Å². The van der Waals surface area contributed by atoms with Crippen LogP contribution in [0.2, 0.25) is 0 Å². The molecule has 0 atom stereocenters. The molecule has 2 aromatic rings. The van der Waals surface area contributed by atoms with Crippen LogP contribution in [0.15, 0.2) is 60.7 Å². The summed E-state index contributed by atoms with van der Waals surface area (Å²) in [4.78, 5) is 0. The average Bonchev–Trinajstić information content (AvgIpc) is 2.53. The summed E-state index contributed by atoms with van der Waals surface area (Å²) in [7, 11) is 0. The van der Waals surface area contributed by atoms with Crippen LogP contribution in [0, 0.1) is 16.7 Å². The van der Waals surface area contributed by atoms with Gasteiger partial charge in [0.1, 0.15) is 0 Å². The standard InChI is InChI=1S/C19H22N2/c1-19(2,15-20)13-14-21-18(16-9-5-3-6-10-16)17-11-7-4-8-12-17/h3-12,18,21H,13-14H2,1-2H3. The zero-order chi connectivity index (χ0) is 15.1. The molecule has 0 aliphatic rings. The third-order valence-electron chi connectivity index (χ3n) is 3.67. The molecule has 0 aliphatic carbocycles. The molecule has 2 heteroatoms. The Morgan fingerprint density at radius 3 is 1.86 bits per heavy atom. The molecule has 0 aromatic heterocycles. The molecule has 0 saturated carbocycles.